The second-order valence-corrected chi connectivity index (χ2v) is 3.69. The van der Waals surface area contributed by atoms with E-state index >= 15 is 0 Å². The maximum Gasteiger partial charge on any atom is 0.0871 e. The van der Waals surface area contributed by atoms with Crippen molar-refractivity contribution in [1.29, 1.82) is 0 Å². The van der Waals surface area contributed by atoms with Gasteiger partial charge in [0.1, 0.15) is 0 Å². The first-order chi connectivity index (χ1) is 7.83. The number of ether oxygens (including phenoxy) is 1. The standard InChI is InChI=1S/C11H22N4O/c1-3-5-11-10(6-7-12)13-14-15(11)8-9-16-4-2/h3-9,12H2,1-2H3. The van der Waals surface area contributed by atoms with Gasteiger partial charge >= 0.3 is 0 Å². The summed E-state index contributed by atoms with van der Waals surface area (Å²) in [4.78, 5) is 0. The molecule has 0 radical (unpaired) electrons. The number of hydrogen-bond acceptors (Lipinski definition) is 4. The Morgan fingerprint density at radius 2 is 2.12 bits per heavy atom. The van der Waals surface area contributed by atoms with Crippen LogP contribution in [0.4, 0.5) is 0 Å². The average molecular weight is 226 g/mol. The largest absolute Gasteiger partial charge is 0.380 e. The van der Waals surface area contributed by atoms with Crippen LogP contribution in [0.2, 0.25) is 0 Å². The van der Waals surface area contributed by atoms with Crippen molar-refractivity contribution in [1.82, 2.24) is 15.0 Å². The number of aromatic nitrogens is 3. The van der Waals surface area contributed by atoms with Gasteiger partial charge < -0.3 is 10.5 Å². The number of nitrogens with zero attached hydrogens (tertiary/aromatic N) is 3. The topological polar surface area (TPSA) is 66.0 Å². The molecule has 92 valence electrons. The van der Waals surface area contributed by atoms with Crippen LogP contribution in [0.5, 0.6) is 0 Å². The molecule has 5 heteroatoms. The van der Waals surface area contributed by atoms with Crippen LogP contribution in [0.15, 0.2) is 0 Å². The molecular weight excluding hydrogens is 204 g/mol. The van der Waals surface area contributed by atoms with Crippen molar-refractivity contribution in [2.75, 3.05) is 19.8 Å². The fourth-order valence-corrected chi connectivity index (χ4v) is 1.68. The number of nitrogens with two attached hydrogens (primary N) is 1. The summed E-state index contributed by atoms with van der Waals surface area (Å²) in [6.07, 6.45) is 2.91. The minimum Gasteiger partial charge on any atom is -0.380 e. The molecule has 5 nitrogen and oxygen atoms in total. The highest BCUT2D eigenvalue weighted by atomic mass is 16.5. The van der Waals surface area contributed by atoms with E-state index in [4.69, 9.17) is 10.5 Å². The molecule has 0 saturated heterocycles. The van der Waals surface area contributed by atoms with Crippen molar-refractivity contribution in [3.8, 4) is 0 Å². The molecule has 1 rings (SSSR count). The summed E-state index contributed by atoms with van der Waals surface area (Å²) < 4.78 is 7.28. The molecule has 0 aliphatic carbocycles. The summed E-state index contributed by atoms with van der Waals surface area (Å²) in [6.45, 7) is 6.99. The monoisotopic (exact) mass is 226 g/mol. The fourth-order valence-electron chi connectivity index (χ4n) is 1.68. The Labute approximate surface area is 97.0 Å². The van der Waals surface area contributed by atoms with E-state index in [9.17, 15) is 0 Å². The zero-order valence-electron chi connectivity index (χ0n) is 10.3. The Morgan fingerprint density at radius 3 is 2.75 bits per heavy atom. The molecule has 1 aromatic heterocycles. The molecule has 0 fully saturated rings. The van der Waals surface area contributed by atoms with E-state index in [0.29, 0.717) is 13.2 Å². The Hall–Kier alpha value is -0.940. The van der Waals surface area contributed by atoms with E-state index in [1.807, 2.05) is 11.6 Å². The van der Waals surface area contributed by atoms with Crippen LogP contribution in [-0.2, 0) is 24.1 Å². The third kappa shape index (κ3) is 3.57. The Balaban J connectivity index is 2.66. The van der Waals surface area contributed by atoms with Crippen LogP contribution < -0.4 is 5.73 Å². The van der Waals surface area contributed by atoms with Gasteiger partial charge in [0.05, 0.1) is 24.5 Å². The first-order valence-corrected chi connectivity index (χ1v) is 6.02. The lowest BCUT2D eigenvalue weighted by molar-refractivity contribution is 0.135. The molecule has 0 amide bonds. The molecule has 16 heavy (non-hydrogen) atoms. The molecule has 0 unspecified atom stereocenters. The van der Waals surface area contributed by atoms with Crippen molar-refractivity contribution in [3.63, 3.8) is 0 Å². The molecule has 2 N–H and O–H groups in total. The Kier molecular flexibility index (Phi) is 6.03. The van der Waals surface area contributed by atoms with E-state index < -0.39 is 0 Å². The maximum atomic E-state index is 5.55. The van der Waals surface area contributed by atoms with Crippen LogP contribution in [0, 0.1) is 0 Å². The lowest BCUT2D eigenvalue weighted by atomic mass is 10.1. The molecule has 1 aromatic rings. The molecule has 0 saturated carbocycles. The first-order valence-electron chi connectivity index (χ1n) is 6.02. The molecule has 1 heterocycles. The highest BCUT2D eigenvalue weighted by molar-refractivity contribution is 5.10. The summed E-state index contributed by atoms with van der Waals surface area (Å²) in [7, 11) is 0. The van der Waals surface area contributed by atoms with Gasteiger partial charge in [-0.05, 0) is 19.9 Å². The van der Waals surface area contributed by atoms with E-state index in [1.54, 1.807) is 0 Å². The second-order valence-electron chi connectivity index (χ2n) is 3.69. The normalized spacial score (nSPS) is 10.9. The van der Waals surface area contributed by atoms with Crippen molar-refractivity contribution in [2.24, 2.45) is 5.73 Å². The molecule has 0 aromatic carbocycles. The second kappa shape index (κ2) is 7.35. The quantitative estimate of drug-likeness (QED) is 0.665. The zero-order valence-corrected chi connectivity index (χ0v) is 10.3. The highest BCUT2D eigenvalue weighted by Gasteiger charge is 2.10. The smallest absolute Gasteiger partial charge is 0.0871 e. The van der Waals surface area contributed by atoms with Gasteiger partial charge in [0, 0.05) is 13.0 Å². The summed E-state index contributed by atoms with van der Waals surface area (Å²) >= 11 is 0. The minimum atomic E-state index is 0.626. The average Bonchev–Trinajstić information content (AvgIpc) is 2.64. The SMILES string of the molecule is CCCc1c(CCN)nnn1CCOCC. The number of hydrogen-bond donors (Lipinski definition) is 1. The number of rotatable bonds is 8. The summed E-state index contributed by atoms with van der Waals surface area (Å²) in [6, 6.07) is 0. The predicted octanol–water partition coefficient (Wildman–Crippen LogP) is 0.768. The first kappa shape index (κ1) is 13.1. The van der Waals surface area contributed by atoms with Crippen molar-refractivity contribution in [3.05, 3.63) is 11.4 Å². The van der Waals surface area contributed by atoms with E-state index in [0.717, 1.165) is 38.1 Å². The third-order valence-electron chi connectivity index (χ3n) is 2.44. The Bertz CT molecular complexity index is 298. The van der Waals surface area contributed by atoms with Gasteiger partial charge in [-0.2, -0.15) is 0 Å². The maximum absolute atomic E-state index is 5.55. The van der Waals surface area contributed by atoms with Crippen molar-refractivity contribution in [2.45, 2.75) is 39.7 Å². The lowest BCUT2D eigenvalue weighted by Crippen LogP contribution is -2.12. The fraction of sp³-hybridized carbons (Fsp3) is 0.818. The van der Waals surface area contributed by atoms with Gasteiger partial charge in [0.15, 0.2) is 0 Å². The molecule has 0 bridgehead atoms. The van der Waals surface area contributed by atoms with Gasteiger partial charge in [-0.25, -0.2) is 4.68 Å². The van der Waals surface area contributed by atoms with Gasteiger partial charge in [0.25, 0.3) is 0 Å². The summed E-state index contributed by atoms with van der Waals surface area (Å²) in [5.74, 6) is 0. The Morgan fingerprint density at radius 1 is 1.31 bits per heavy atom. The van der Waals surface area contributed by atoms with E-state index in [2.05, 4.69) is 17.2 Å². The molecule has 0 atom stereocenters. The van der Waals surface area contributed by atoms with Gasteiger partial charge in [-0.3, -0.25) is 0 Å². The predicted molar refractivity (Wildman–Crippen MR) is 63.3 cm³/mol. The summed E-state index contributed by atoms with van der Waals surface area (Å²) in [5.41, 5.74) is 7.81. The summed E-state index contributed by atoms with van der Waals surface area (Å²) in [5, 5.41) is 8.34. The molecular formula is C11H22N4O. The van der Waals surface area contributed by atoms with Crippen molar-refractivity contribution < 1.29 is 4.74 Å². The van der Waals surface area contributed by atoms with Crippen LogP contribution in [0.25, 0.3) is 0 Å². The van der Waals surface area contributed by atoms with Gasteiger partial charge in [-0.15, -0.1) is 5.10 Å². The van der Waals surface area contributed by atoms with E-state index in [-0.39, 0.29) is 0 Å². The molecule has 0 spiro atoms. The van der Waals surface area contributed by atoms with Crippen LogP contribution >= 0.6 is 0 Å². The van der Waals surface area contributed by atoms with Gasteiger partial charge in [0.2, 0.25) is 0 Å². The lowest BCUT2D eigenvalue weighted by Gasteiger charge is -2.06. The molecule has 0 aliphatic heterocycles. The van der Waals surface area contributed by atoms with Crippen LogP contribution in [0.1, 0.15) is 31.7 Å². The zero-order chi connectivity index (χ0) is 11.8. The van der Waals surface area contributed by atoms with Crippen molar-refractivity contribution >= 4 is 0 Å². The molecule has 0 aliphatic rings. The highest BCUT2D eigenvalue weighted by Crippen LogP contribution is 2.08. The third-order valence-corrected chi connectivity index (χ3v) is 2.44. The van der Waals surface area contributed by atoms with E-state index in [1.165, 1.54) is 5.69 Å². The van der Waals surface area contributed by atoms with Crippen LogP contribution in [0.3, 0.4) is 0 Å². The van der Waals surface area contributed by atoms with Crippen LogP contribution in [-0.4, -0.2) is 34.8 Å². The minimum absolute atomic E-state index is 0.626. The van der Waals surface area contributed by atoms with Gasteiger partial charge in [-0.1, -0.05) is 18.6 Å².